The lowest BCUT2D eigenvalue weighted by atomic mass is 10.3. The molecule has 0 radical (unpaired) electrons. The molecule has 68 valence electrons. The summed E-state index contributed by atoms with van der Waals surface area (Å²) in [4.78, 5) is 4.17. The van der Waals surface area contributed by atoms with Crippen LogP contribution >= 0.6 is 11.3 Å². The third-order valence-electron chi connectivity index (χ3n) is 1.54. The minimum atomic E-state index is -0.299. The Kier molecular flexibility index (Phi) is 3.65. The van der Waals surface area contributed by atoms with Gasteiger partial charge in [0.05, 0.1) is 12.1 Å². The van der Waals surface area contributed by atoms with Crippen LogP contribution in [0.15, 0.2) is 11.6 Å². The summed E-state index contributed by atoms with van der Waals surface area (Å²) in [6, 6.07) is 0.236. The Bertz CT molecular complexity index is 211. The number of rotatable bonds is 4. The van der Waals surface area contributed by atoms with E-state index in [2.05, 4.69) is 10.3 Å². The second kappa shape index (κ2) is 4.54. The fourth-order valence-corrected chi connectivity index (χ4v) is 1.55. The van der Waals surface area contributed by atoms with Crippen molar-refractivity contribution in [2.24, 2.45) is 0 Å². The molecule has 0 fully saturated rings. The molecule has 0 bridgehead atoms. The van der Waals surface area contributed by atoms with Gasteiger partial charge in [0.25, 0.3) is 0 Å². The normalized spacial score (nSPS) is 15.9. The Morgan fingerprint density at radius 3 is 2.92 bits per heavy atom. The maximum absolute atomic E-state index is 9.02. The first-order valence-corrected chi connectivity index (χ1v) is 4.89. The van der Waals surface area contributed by atoms with Crippen LogP contribution in [-0.2, 0) is 0 Å². The number of nitrogens with one attached hydrogen (secondary N) is 1. The van der Waals surface area contributed by atoms with Crippen LogP contribution in [0.1, 0.15) is 24.9 Å². The molecule has 0 aromatic carbocycles. The Morgan fingerprint density at radius 1 is 1.67 bits per heavy atom. The number of hydrogen-bond acceptors (Lipinski definition) is 4. The summed E-state index contributed by atoms with van der Waals surface area (Å²) in [6.45, 7) is 4.42. The molecule has 1 unspecified atom stereocenters. The van der Waals surface area contributed by atoms with Gasteiger partial charge in [-0.05, 0) is 13.8 Å². The van der Waals surface area contributed by atoms with Crippen LogP contribution < -0.4 is 5.32 Å². The van der Waals surface area contributed by atoms with Gasteiger partial charge in [0.1, 0.15) is 5.01 Å². The smallest absolute Gasteiger partial charge is 0.109 e. The number of thiazole rings is 1. The molecule has 3 nitrogen and oxygen atoms in total. The zero-order chi connectivity index (χ0) is 8.97. The number of aliphatic hydroxyl groups is 1. The summed E-state index contributed by atoms with van der Waals surface area (Å²) >= 11 is 1.63. The highest BCUT2D eigenvalue weighted by Gasteiger charge is 2.07. The van der Waals surface area contributed by atoms with Crippen molar-refractivity contribution in [1.29, 1.82) is 0 Å². The van der Waals surface area contributed by atoms with Gasteiger partial charge in [-0.25, -0.2) is 4.98 Å². The van der Waals surface area contributed by atoms with E-state index in [1.165, 1.54) is 0 Å². The minimum Gasteiger partial charge on any atom is -0.392 e. The molecule has 1 rings (SSSR count). The Hall–Kier alpha value is -0.450. The van der Waals surface area contributed by atoms with Crippen LogP contribution in [0.4, 0.5) is 0 Å². The van der Waals surface area contributed by atoms with E-state index in [4.69, 9.17) is 5.11 Å². The predicted molar refractivity (Wildman–Crippen MR) is 50.2 cm³/mol. The van der Waals surface area contributed by atoms with Gasteiger partial charge in [0.15, 0.2) is 0 Å². The zero-order valence-electron chi connectivity index (χ0n) is 7.32. The van der Waals surface area contributed by atoms with Crippen LogP contribution in [0, 0.1) is 0 Å². The lowest BCUT2D eigenvalue weighted by molar-refractivity contribution is 0.187. The zero-order valence-corrected chi connectivity index (χ0v) is 8.14. The molecule has 1 heterocycles. The molecule has 2 atom stereocenters. The molecule has 2 N–H and O–H groups in total. The highest BCUT2D eigenvalue weighted by Crippen LogP contribution is 2.13. The summed E-state index contributed by atoms with van der Waals surface area (Å²) in [5.41, 5.74) is 0. The van der Waals surface area contributed by atoms with E-state index in [0.717, 1.165) is 5.01 Å². The topological polar surface area (TPSA) is 45.1 Å². The van der Waals surface area contributed by atoms with E-state index in [1.807, 2.05) is 12.3 Å². The first kappa shape index (κ1) is 9.64. The van der Waals surface area contributed by atoms with Crippen LogP contribution in [-0.4, -0.2) is 22.7 Å². The van der Waals surface area contributed by atoms with E-state index >= 15 is 0 Å². The van der Waals surface area contributed by atoms with Crippen molar-refractivity contribution in [3.05, 3.63) is 16.6 Å². The molecular formula is C8H14N2OS. The fraction of sp³-hybridized carbons (Fsp3) is 0.625. The van der Waals surface area contributed by atoms with Crippen molar-refractivity contribution in [2.75, 3.05) is 6.54 Å². The van der Waals surface area contributed by atoms with Gasteiger partial charge in [0.2, 0.25) is 0 Å². The Balaban J connectivity index is 2.34. The number of aliphatic hydroxyl groups excluding tert-OH is 1. The van der Waals surface area contributed by atoms with E-state index < -0.39 is 0 Å². The highest BCUT2D eigenvalue weighted by molar-refractivity contribution is 7.09. The van der Waals surface area contributed by atoms with E-state index in [1.54, 1.807) is 24.5 Å². The second-order valence-corrected chi connectivity index (χ2v) is 3.78. The molecule has 4 heteroatoms. The lowest BCUT2D eigenvalue weighted by Crippen LogP contribution is -2.26. The molecule has 0 saturated carbocycles. The molecule has 0 amide bonds. The molecule has 1 aromatic heterocycles. The highest BCUT2D eigenvalue weighted by atomic mass is 32.1. The average molecular weight is 186 g/mol. The molecule has 0 aliphatic rings. The van der Waals surface area contributed by atoms with Gasteiger partial charge in [-0.15, -0.1) is 11.3 Å². The van der Waals surface area contributed by atoms with Crippen LogP contribution in [0.5, 0.6) is 0 Å². The van der Waals surface area contributed by atoms with Gasteiger partial charge >= 0.3 is 0 Å². The standard InChI is InChI=1S/C8H14N2OS/c1-6(11)5-10-7(2)8-9-3-4-12-8/h3-4,6-7,10-11H,5H2,1-2H3/t6-,7?/m0/s1. The monoisotopic (exact) mass is 186 g/mol. The van der Waals surface area contributed by atoms with Crippen LogP contribution in [0.2, 0.25) is 0 Å². The largest absolute Gasteiger partial charge is 0.392 e. The van der Waals surface area contributed by atoms with Gasteiger partial charge in [0, 0.05) is 18.1 Å². The molecule has 0 aliphatic carbocycles. The van der Waals surface area contributed by atoms with E-state index in [0.29, 0.717) is 6.54 Å². The molecule has 0 saturated heterocycles. The van der Waals surface area contributed by atoms with Gasteiger partial charge < -0.3 is 10.4 Å². The van der Waals surface area contributed by atoms with E-state index in [-0.39, 0.29) is 12.1 Å². The Morgan fingerprint density at radius 2 is 2.42 bits per heavy atom. The maximum atomic E-state index is 9.02. The SMILES string of the molecule is CC(NC[C@H](C)O)c1nccs1. The number of aromatic nitrogens is 1. The summed E-state index contributed by atoms with van der Waals surface area (Å²) in [6.07, 6.45) is 1.49. The molecule has 0 spiro atoms. The lowest BCUT2D eigenvalue weighted by Gasteiger charge is -2.11. The third kappa shape index (κ3) is 2.89. The van der Waals surface area contributed by atoms with Crippen molar-refractivity contribution in [2.45, 2.75) is 26.0 Å². The van der Waals surface area contributed by atoms with E-state index in [9.17, 15) is 0 Å². The first-order valence-electron chi connectivity index (χ1n) is 4.01. The fourth-order valence-electron chi connectivity index (χ4n) is 0.883. The molecule has 12 heavy (non-hydrogen) atoms. The summed E-state index contributed by atoms with van der Waals surface area (Å²) in [5, 5.41) is 15.2. The first-order chi connectivity index (χ1) is 5.70. The quantitative estimate of drug-likeness (QED) is 0.742. The number of hydrogen-bond donors (Lipinski definition) is 2. The van der Waals surface area contributed by atoms with Crippen molar-refractivity contribution in [3.63, 3.8) is 0 Å². The van der Waals surface area contributed by atoms with Gasteiger partial charge in [-0.1, -0.05) is 0 Å². The van der Waals surface area contributed by atoms with Gasteiger partial charge in [-0.2, -0.15) is 0 Å². The van der Waals surface area contributed by atoms with Gasteiger partial charge in [-0.3, -0.25) is 0 Å². The molecule has 1 aromatic rings. The Labute approximate surface area is 76.5 Å². The predicted octanol–water partition coefficient (Wildman–Crippen LogP) is 1.17. The second-order valence-electron chi connectivity index (χ2n) is 2.85. The minimum absolute atomic E-state index is 0.236. The third-order valence-corrected chi connectivity index (χ3v) is 2.50. The van der Waals surface area contributed by atoms with Crippen LogP contribution in [0.3, 0.4) is 0 Å². The van der Waals surface area contributed by atoms with Crippen molar-refractivity contribution in [1.82, 2.24) is 10.3 Å². The summed E-state index contributed by atoms with van der Waals surface area (Å²) in [7, 11) is 0. The van der Waals surface area contributed by atoms with Crippen molar-refractivity contribution >= 4 is 11.3 Å². The number of nitrogens with zero attached hydrogens (tertiary/aromatic N) is 1. The van der Waals surface area contributed by atoms with Crippen molar-refractivity contribution in [3.8, 4) is 0 Å². The van der Waals surface area contributed by atoms with Crippen LogP contribution in [0.25, 0.3) is 0 Å². The average Bonchev–Trinajstić information content (AvgIpc) is 2.51. The summed E-state index contributed by atoms with van der Waals surface area (Å²) < 4.78 is 0. The summed E-state index contributed by atoms with van der Waals surface area (Å²) in [5.74, 6) is 0. The molecular weight excluding hydrogens is 172 g/mol. The van der Waals surface area contributed by atoms with Crippen molar-refractivity contribution < 1.29 is 5.11 Å². The maximum Gasteiger partial charge on any atom is 0.109 e. The molecule has 0 aliphatic heterocycles.